The Morgan fingerprint density at radius 3 is 1.63 bits per heavy atom. The van der Waals surface area contributed by atoms with E-state index in [0.717, 1.165) is 126 Å². The molecule has 7 aromatic rings. The molecule has 0 atom stereocenters. The summed E-state index contributed by atoms with van der Waals surface area (Å²) in [5.74, 6) is 5.46. The van der Waals surface area contributed by atoms with E-state index in [1.54, 1.807) is 0 Å². The van der Waals surface area contributed by atoms with Crippen LogP contribution in [0.25, 0.3) is 55.5 Å². The van der Waals surface area contributed by atoms with Gasteiger partial charge in [-0.1, -0.05) is 20.6 Å². The van der Waals surface area contributed by atoms with Crippen LogP contribution in [0.5, 0.6) is 0 Å². The van der Waals surface area contributed by atoms with Crippen LogP contribution in [0.2, 0.25) is 0 Å². The fraction of sp³-hybridized carbons (Fsp3) is 0.381. The predicted octanol–water partition coefficient (Wildman–Crippen LogP) is 9.82. The van der Waals surface area contributed by atoms with Gasteiger partial charge in [-0.2, -0.15) is 0 Å². The first-order valence-electron chi connectivity index (χ1n) is 19.1. The lowest BCUT2D eigenvalue weighted by Crippen LogP contribution is -2.04. The second kappa shape index (κ2) is 16.2. The largest absolute Gasteiger partial charge is 0.397 e. The fourth-order valence-electron chi connectivity index (χ4n) is 7.12. The molecule has 2 aromatic carbocycles. The molecule has 2 aliphatic rings. The van der Waals surface area contributed by atoms with Crippen LogP contribution < -0.4 is 16.8 Å². The van der Waals surface area contributed by atoms with Crippen LogP contribution in [-0.4, -0.2) is 48.8 Å². The van der Waals surface area contributed by atoms with E-state index in [4.69, 9.17) is 34.5 Å². The number of imidazole rings is 1. The van der Waals surface area contributed by atoms with Crippen LogP contribution in [0.1, 0.15) is 71.5 Å². The van der Waals surface area contributed by atoms with Gasteiger partial charge in [0.25, 0.3) is 0 Å². The number of H-pyrrole nitrogens is 1. The van der Waals surface area contributed by atoms with Crippen LogP contribution in [-0.2, 0) is 0 Å². The van der Waals surface area contributed by atoms with Crippen molar-refractivity contribution in [1.29, 1.82) is 0 Å². The molecule has 6 N–H and O–H groups in total. The lowest BCUT2D eigenvalue weighted by molar-refractivity contribution is 0.393. The highest BCUT2D eigenvalue weighted by atomic mass is 32.1. The van der Waals surface area contributed by atoms with Gasteiger partial charge in [0.1, 0.15) is 23.0 Å². The van der Waals surface area contributed by atoms with E-state index >= 15 is 0 Å². The Morgan fingerprint density at radius 2 is 1.16 bits per heavy atom. The minimum atomic E-state index is 0.507. The van der Waals surface area contributed by atoms with Gasteiger partial charge in [-0.15, -0.1) is 0 Å². The van der Waals surface area contributed by atoms with Crippen LogP contribution >= 0.6 is 12.2 Å². The molecular formula is C42H48N10O4S. The number of isothiocyanates is 1. The number of aryl methyl sites for hydroxylation is 8. The smallest absolute Gasteiger partial charge is 0.201 e. The molecule has 5 heterocycles. The lowest BCUT2D eigenvalue weighted by atomic mass is 9.95. The van der Waals surface area contributed by atoms with Crippen molar-refractivity contribution in [3.63, 3.8) is 0 Å². The van der Waals surface area contributed by atoms with Gasteiger partial charge >= 0.3 is 0 Å². The summed E-state index contributed by atoms with van der Waals surface area (Å²) < 4.78 is 21.3. The first-order chi connectivity index (χ1) is 27.3. The Morgan fingerprint density at radius 1 is 0.684 bits per heavy atom. The summed E-state index contributed by atoms with van der Waals surface area (Å²) in [4.78, 5) is 12.1. The van der Waals surface area contributed by atoms with E-state index in [1.807, 2.05) is 67.5 Å². The second-order valence-corrected chi connectivity index (χ2v) is 15.2. The highest BCUT2D eigenvalue weighted by Crippen LogP contribution is 2.41. The molecule has 0 aliphatic heterocycles. The highest BCUT2D eigenvalue weighted by Gasteiger charge is 2.24. The first-order valence-corrected chi connectivity index (χ1v) is 19.5. The number of nitrogens with zero attached hydrogens (tertiary/aromatic N) is 6. The number of rotatable bonds is 9. The maximum absolute atomic E-state index is 6.18. The molecule has 0 radical (unpaired) electrons. The van der Waals surface area contributed by atoms with Gasteiger partial charge in [0.05, 0.1) is 56.9 Å². The molecule has 15 heteroatoms. The Balaban J connectivity index is 0.000000152. The summed E-state index contributed by atoms with van der Waals surface area (Å²) in [6, 6.07) is 8.06. The number of hydrogen-bond acceptors (Lipinski definition) is 14. The number of aromatic amines is 1. The van der Waals surface area contributed by atoms with E-state index in [9.17, 15) is 0 Å². The zero-order chi connectivity index (χ0) is 40.5. The van der Waals surface area contributed by atoms with Crippen molar-refractivity contribution in [2.24, 2.45) is 16.8 Å². The van der Waals surface area contributed by atoms with E-state index in [0.29, 0.717) is 17.1 Å². The predicted molar refractivity (Wildman–Crippen MR) is 225 cm³/mol. The normalized spacial score (nSPS) is 13.5. The van der Waals surface area contributed by atoms with Crippen LogP contribution in [0.15, 0.2) is 47.4 Å². The van der Waals surface area contributed by atoms with Crippen LogP contribution in [0.4, 0.5) is 17.3 Å². The zero-order valence-corrected chi connectivity index (χ0v) is 34.4. The fourth-order valence-corrected chi connectivity index (χ4v) is 7.19. The maximum atomic E-state index is 6.18. The van der Waals surface area contributed by atoms with Crippen LogP contribution in [0, 0.1) is 67.2 Å². The van der Waals surface area contributed by atoms with E-state index in [2.05, 4.69) is 65.4 Å². The highest BCUT2D eigenvalue weighted by molar-refractivity contribution is 7.78. The first kappa shape index (κ1) is 39.2. The molecule has 0 spiro atoms. The average molecular weight is 789 g/mol. The van der Waals surface area contributed by atoms with Gasteiger partial charge in [-0.3, -0.25) is 0 Å². The van der Waals surface area contributed by atoms with E-state index in [-0.39, 0.29) is 0 Å². The van der Waals surface area contributed by atoms with Gasteiger partial charge in [0.15, 0.2) is 0 Å². The summed E-state index contributed by atoms with van der Waals surface area (Å²) in [5, 5.41) is 22.0. The summed E-state index contributed by atoms with van der Waals surface area (Å²) >= 11 is 4.38. The topological polar surface area (TPSA) is 209 Å². The lowest BCUT2D eigenvalue weighted by Gasteiger charge is -2.11. The van der Waals surface area contributed by atoms with Gasteiger partial charge < -0.3 is 39.9 Å². The van der Waals surface area contributed by atoms with Crippen molar-refractivity contribution in [3.8, 4) is 44.5 Å². The van der Waals surface area contributed by atoms with Gasteiger partial charge in [-0.05, 0) is 141 Å². The van der Waals surface area contributed by atoms with E-state index in [1.165, 1.54) is 25.7 Å². The van der Waals surface area contributed by atoms with Crippen molar-refractivity contribution in [2.75, 3.05) is 29.9 Å². The minimum absolute atomic E-state index is 0.507. The number of nitrogen functional groups attached to an aromatic ring is 2. The SMILES string of the molecule is Cc1noc(C)c1-c1cc(-c2c(C)noc2C)c2nc(NCC3CC3)[nH]c2c1.Cc1noc(C)c1-c1cc(N)c(N)c(-c2c(C)noc2C)c1.S=C=NCC1CC1. The quantitative estimate of drug-likeness (QED) is 0.0610. The number of hydrogen-bond donors (Lipinski definition) is 4. The Kier molecular flexibility index (Phi) is 11.1. The third-order valence-electron chi connectivity index (χ3n) is 10.4. The molecule has 14 nitrogen and oxygen atoms in total. The summed E-state index contributed by atoms with van der Waals surface area (Å²) in [7, 11) is 0. The van der Waals surface area contributed by atoms with Gasteiger partial charge in [0.2, 0.25) is 5.95 Å². The second-order valence-electron chi connectivity index (χ2n) is 15.0. The molecule has 296 valence electrons. The summed E-state index contributed by atoms with van der Waals surface area (Å²) in [6.45, 7) is 17.2. The Hall–Kier alpha value is -6.05. The minimum Gasteiger partial charge on any atom is -0.397 e. The maximum Gasteiger partial charge on any atom is 0.201 e. The Labute approximate surface area is 335 Å². The molecule has 0 unspecified atom stereocenters. The standard InChI is InChI=1S/C21H23N5O2.C16H18N4O2.C5H7NS/c1-10-18(12(3)27-25-10)15-7-16(19-11(2)26-28-13(19)4)20-17(8-15)23-21(24-20)22-9-14-5-6-14;1-7-14(9(3)21-19-7)11-5-12(16(18)13(17)6-11)15-8(2)20-22-10(15)4;7-4-6-3-5-1-2-5/h7-8,14H,5-6,9H2,1-4H3,(H2,22,23,24);5-6H,17-18H2,1-4H3;5H,1-3H2. The van der Waals surface area contributed by atoms with Gasteiger partial charge in [0, 0.05) is 39.9 Å². The molecule has 57 heavy (non-hydrogen) atoms. The molecule has 0 bridgehead atoms. The Bertz CT molecular complexity index is 2540. The molecular weight excluding hydrogens is 741 g/mol. The number of anilines is 3. The van der Waals surface area contributed by atoms with E-state index < -0.39 is 0 Å². The van der Waals surface area contributed by atoms with Gasteiger partial charge in [-0.25, -0.2) is 9.98 Å². The molecule has 2 aliphatic carbocycles. The number of aliphatic imine (C=N–C) groups is 1. The molecule has 0 amide bonds. The number of benzene rings is 2. The zero-order valence-electron chi connectivity index (χ0n) is 33.6. The van der Waals surface area contributed by atoms with Crippen molar-refractivity contribution in [3.05, 3.63) is 70.1 Å². The van der Waals surface area contributed by atoms with Crippen molar-refractivity contribution in [2.45, 2.75) is 81.1 Å². The molecule has 5 aromatic heterocycles. The molecule has 2 fully saturated rings. The number of nitrogens with one attached hydrogen (secondary N) is 2. The number of aromatic nitrogens is 6. The monoisotopic (exact) mass is 788 g/mol. The summed E-state index contributed by atoms with van der Waals surface area (Å²) in [5.41, 5.74) is 26.1. The van der Waals surface area contributed by atoms with Crippen LogP contribution in [0.3, 0.4) is 0 Å². The van der Waals surface area contributed by atoms with Crippen molar-refractivity contribution in [1.82, 2.24) is 30.6 Å². The average Bonchev–Trinajstić information content (AvgIpc) is 4.02. The van der Waals surface area contributed by atoms with Crippen molar-refractivity contribution >= 4 is 45.7 Å². The third kappa shape index (κ3) is 8.40. The molecule has 2 saturated carbocycles. The molecule has 9 rings (SSSR count). The summed E-state index contributed by atoms with van der Waals surface area (Å²) in [6.07, 6.45) is 5.29. The number of nitrogens with two attached hydrogens (primary N) is 2. The number of fused-ring (bicyclic) bond motifs is 1. The third-order valence-corrected chi connectivity index (χ3v) is 10.5. The molecule has 0 saturated heterocycles. The number of thiocarbonyl (C=S) groups is 1. The van der Waals surface area contributed by atoms with Crippen molar-refractivity contribution < 1.29 is 18.1 Å².